The van der Waals surface area contributed by atoms with Gasteiger partial charge in [-0.15, -0.1) is 33.2 Å². The van der Waals surface area contributed by atoms with Gasteiger partial charge in [-0.1, -0.05) is 30.3 Å². The predicted molar refractivity (Wildman–Crippen MR) is 69.7 cm³/mol. The first-order chi connectivity index (χ1) is 7.47. The van der Waals surface area contributed by atoms with Crippen LogP contribution in [0.2, 0.25) is 0 Å². The van der Waals surface area contributed by atoms with Gasteiger partial charge in [0.25, 0.3) is 0 Å². The van der Waals surface area contributed by atoms with Crippen LogP contribution in [0.1, 0.15) is 5.56 Å². The molecule has 86 valence electrons. The summed E-state index contributed by atoms with van der Waals surface area (Å²) < 4.78 is 4.77. The summed E-state index contributed by atoms with van der Waals surface area (Å²) in [6, 6.07) is 6.49. The lowest BCUT2D eigenvalue weighted by Gasteiger charge is -2.06. The molecule has 6 heteroatoms. The zero-order chi connectivity index (χ0) is 12.0. The molecule has 16 heavy (non-hydrogen) atoms. The Morgan fingerprint density at radius 1 is 1.25 bits per heavy atom. The number of esters is 1. The van der Waals surface area contributed by atoms with Crippen LogP contribution in [0.25, 0.3) is 6.08 Å². The maximum Gasteiger partial charge on any atom is 0.378 e. The highest BCUT2D eigenvalue weighted by Crippen LogP contribution is 2.19. The van der Waals surface area contributed by atoms with Crippen LogP contribution in [0.3, 0.4) is 0 Å². The second-order valence-corrected chi connectivity index (χ2v) is 12.0. The summed E-state index contributed by atoms with van der Waals surface area (Å²) in [4.78, 5) is 11.2. The molecule has 0 saturated carbocycles. The molecule has 2 nitrogen and oxygen atoms in total. The van der Waals surface area contributed by atoms with Gasteiger partial charge in [0.2, 0.25) is 0 Å². The number of carbonyl (C=O) groups excluding carboxylic acids is 1. The van der Waals surface area contributed by atoms with Crippen LogP contribution >= 0.6 is 33.2 Å². The number of rotatable bonds is 4. The average Bonchev–Trinajstić information content (AvgIpc) is 2.24. The summed E-state index contributed by atoms with van der Waals surface area (Å²) in [5.74, 6) is -0.511. The topological polar surface area (TPSA) is 26.3 Å². The Bertz CT molecular complexity index is 373. The van der Waals surface area contributed by atoms with Gasteiger partial charge in [-0.2, -0.15) is 0 Å². The highest BCUT2D eigenvalue weighted by atomic mass is 35.8. The van der Waals surface area contributed by atoms with Crippen LogP contribution < -0.4 is 0 Å². The molecule has 0 saturated heterocycles. The third kappa shape index (κ3) is 6.18. The minimum Gasteiger partial charge on any atom is -0.462 e. The van der Waals surface area contributed by atoms with E-state index in [-0.39, 0.29) is 6.23 Å². The van der Waals surface area contributed by atoms with Crippen molar-refractivity contribution in [3.8, 4) is 0 Å². The lowest BCUT2D eigenvalue weighted by molar-refractivity contribution is -0.135. The maximum atomic E-state index is 11.2. The van der Waals surface area contributed by atoms with Crippen molar-refractivity contribution in [1.29, 1.82) is 0 Å². The number of benzene rings is 1. The lowest BCUT2D eigenvalue weighted by atomic mass is 10.2. The molecular weight excluding hydrogens is 287 g/mol. The molecule has 0 heterocycles. The van der Waals surface area contributed by atoms with E-state index in [1.807, 2.05) is 30.3 Å². The van der Waals surface area contributed by atoms with Gasteiger partial charge in [0.15, 0.2) is 0 Å². The van der Waals surface area contributed by atoms with Crippen LogP contribution in [0.5, 0.6) is 0 Å². The van der Waals surface area contributed by atoms with E-state index in [2.05, 4.69) is 0 Å². The fraction of sp³-hybridized carbons (Fsp3) is 0.100. The summed E-state index contributed by atoms with van der Waals surface area (Å²) in [5.41, 5.74) is 0.908. The van der Waals surface area contributed by atoms with E-state index in [9.17, 15) is 4.79 Å². The zero-order valence-corrected chi connectivity index (χ0v) is 11.5. The molecule has 0 unspecified atom stereocenters. The number of hydrogen-bond donors (Lipinski definition) is 0. The molecule has 0 aliphatic rings. The van der Waals surface area contributed by atoms with E-state index in [0.29, 0.717) is 0 Å². The van der Waals surface area contributed by atoms with E-state index < -0.39 is 12.0 Å². The van der Waals surface area contributed by atoms with E-state index in [1.54, 1.807) is 6.08 Å². The summed E-state index contributed by atoms with van der Waals surface area (Å²) >= 11 is 16.7. The van der Waals surface area contributed by atoms with Gasteiger partial charge in [-0.05, 0) is 11.6 Å². The summed E-state index contributed by atoms with van der Waals surface area (Å²) in [6.45, 7) is 0. The molecule has 0 N–H and O–H groups in total. The number of halogens is 3. The van der Waals surface area contributed by atoms with Gasteiger partial charge in [0.05, 0.1) is 0 Å². The predicted octanol–water partition coefficient (Wildman–Crippen LogP) is 3.44. The van der Waals surface area contributed by atoms with Gasteiger partial charge in [0.1, 0.15) is 6.23 Å². The molecule has 1 rings (SSSR count). The van der Waals surface area contributed by atoms with Crippen molar-refractivity contribution >= 4 is 51.3 Å². The molecule has 0 aliphatic heterocycles. The van der Waals surface area contributed by atoms with Crippen molar-refractivity contribution in [2.45, 2.75) is 0 Å². The Balaban J connectivity index is 2.43. The molecule has 0 radical (unpaired) electrons. The Labute approximate surface area is 109 Å². The first kappa shape index (κ1) is 13.6. The van der Waals surface area contributed by atoms with Gasteiger partial charge in [-0.25, -0.2) is 4.79 Å². The first-order valence-electron chi connectivity index (χ1n) is 4.44. The standard InChI is InChI=1S/C10H9Cl3O2Si/c11-16(12,13)8-15-10(14)7-6-9-4-2-1-3-5-9/h1-7H,8H2. The Morgan fingerprint density at radius 3 is 2.44 bits per heavy atom. The highest BCUT2D eigenvalue weighted by molar-refractivity contribution is 7.64. The minimum atomic E-state index is -2.89. The monoisotopic (exact) mass is 294 g/mol. The smallest absolute Gasteiger partial charge is 0.378 e. The van der Waals surface area contributed by atoms with Gasteiger partial charge in [-0.3, -0.25) is 0 Å². The largest absolute Gasteiger partial charge is 0.462 e. The fourth-order valence-electron chi connectivity index (χ4n) is 0.929. The quantitative estimate of drug-likeness (QED) is 0.368. The number of ether oxygens (including phenoxy) is 1. The summed E-state index contributed by atoms with van der Waals surface area (Å²) in [7, 11) is 0. The van der Waals surface area contributed by atoms with Crippen molar-refractivity contribution in [3.63, 3.8) is 0 Å². The van der Waals surface area contributed by atoms with E-state index in [4.69, 9.17) is 38.0 Å². The second kappa shape index (κ2) is 6.30. The number of carbonyl (C=O) groups is 1. The van der Waals surface area contributed by atoms with Gasteiger partial charge in [0, 0.05) is 6.08 Å². The molecule has 0 atom stereocenters. The molecule has 0 fully saturated rings. The molecule has 0 aliphatic carbocycles. The van der Waals surface area contributed by atoms with Crippen LogP contribution in [0.15, 0.2) is 36.4 Å². The van der Waals surface area contributed by atoms with Crippen LogP contribution in [-0.4, -0.2) is 18.2 Å². The van der Waals surface area contributed by atoms with Gasteiger partial charge >= 0.3 is 12.0 Å². The third-order valence-electron chi connectivity index (χ3n) is 1.59. The zero-order valence-electron chi connectivity index (χ0n) is 8.20. The Morgan fingerprint density at radius 2 is 1.88 bits per heavy atom. The first-order valence-corrected chi connectivity index (χ1v) is 9.68. The van der Waals surface area contributed by atoms with E-state index >= 15 is 0 Å². The molecule has 0 amide bonds. The molecule has 0 aromatic heterocycles. The fourth-order valence-corrected chi connectivity index (χ4v) is 1.73. The number of hydrogen-bond acceptors (Lipinski definition) is 2. The van der Waals surface area contributed by atoms with Crippen LogP contribution in [0.4, 0.5) is 0 Å². The average molecular weight is 296 g/mol. The van der Waals surface area contributed by atoms with Crippen molar-refractivity contribution < 1.29 is 9.53 Å². The lowest BCUT2D eigenvalue weighted by Crippen LogP contribution is -2.21. The molecule has 1 aromatic rings. The minimum absolute atomic E-state index is 0.129. The molecule has 0 spiro atoms. The van der Waals surface area contributed by atoms with E-state index in [0.717, 1.165) is 5.56 Å². The molecule has 0 bridgehead atoms. The normalized spacial score (nSPS) is 11.7. The Hall–Kier alpha value is -0.483. The van der Waals surface area contributed by atoms with Crippen molar-refractivity contribution in [3.05, 3.63) is 42.0 Å². The Kier molecular flexibility index (Phi) is 5.35. The third-order valence-corrected chi connectivity index (χ3v) is 3.04. The van der Waals surface area contributed by atoms with Crippen molar-refractivity contribution in [1.82, 2.24) is 0 Å². The van der Waals surface area contributed by atoms with E-state index in [1.165, 1.54) is 6.08 Å². The van der Waals surface area contributed by atoms with Gasteiger partial charge < -0.3 is 4.74 Å². The summed E-state index contributed by atoms with van der Waals surface area (Å²) in [6.07, 6.45) is 2.82. The SMILES string of the molecule is O=C(C=Cc1ccccc1)OC[Si](Cl)(Cl)Cl. The molecule has 1 aromatic carbocycles. The summed E-state index contributed by atoms with van der Waals surface area (Å²) in [5, 5.41) is 0. The second-order valence-electron chi connectivity index (χ2n) is 2.97. The van der Waals surface area contributed by atoms with Crippen molar-refractivity contribution in [2.75, 3.05) is 6.23 Å². The van der Waals surface area contributed by atoms with Crippen LogP contribution in [0, 0.1) is 0 Å². The van der Waals surface area contributed by atoms with Crippen LogP contribution in [-0.2, 0) is 9.53 Å². The molecular formula is C10H9Cl3O2Si. The highest BCUT2D eigenvalue weighted by Gasteiger charge is 2.26. The maximum absolute atomic E-state index is 11.2. The van der Waals surface area contributed by atoms with Crippen molar-refractivity contribution in [2.24, 2.45) is 0 Å².